The molecule has 0 bridgehead atoms. The van der Waals surface area contributed by atoms with Crippen LogP contribution in [0.3, 0.4) is 0 Å². The highest BCUT2D eigenvalue weighted by molar-refractivity contribution is 6.35. The molecule has 0 aliphatic carbocycles. The molecule has 19 heavy (non-hydrogen) atoms. The number of rotatable bonds is 4. The third-order valence-corrected chi connectivity index (χ3v) is 3.40. The summed E-state index contributed by atoms with van der Waals surface area (Å²) in [5.41, 5.74) is 1.49. The molecule has 1 unspecified atom stereocenters. The molecule has 0 aliphatic rings. The molecular formula is C15H17ClN2O. The van der Waals surface area contributed by atoms with Crippen molar-refractivity contribution in [3.05, 3.63) is 41.0 Å². The van der Waals surface area contributed by atoms with E-state index < -0.39 is 0 Å². The molecule has 3 nitrogen and oxygen atoms in total. The highest BCUT2D eigenvalue weighted by Gasteiger charge is 2.09. The van der Waals surface area contributed by atoms with Crippen molar-refractivity contribution in [2.24, 2.45) is 0 Å². The van der Waals surface area contributed by atoms with Crippen LogP contribution in [0.5, 0.6) is 0 Å². The second-order valence-electron chi connectivity index (χ2n) is 4.67. The highest BCUT2D eigenvalue weighted by atomic mass is 35.5. The van der Waals surface area contributed by atoms with Crippen molar-refractivity contribution < 1.29 is 4.79 Å². The zero-order valence-electron chi connectivity index (χ0n) is 11.1. The maximum absolute atomic E-state index is 11.8. The third-order valence-electron chi connectivity index (χ3n) is 3.09. The molecule has 100 valence electrons. The lowest BCUT2D eigenvalue weighted by Crippen LogP contribution is -2.33. The summed E-state index contributed by atoms with van der Waals surface area (Å²) >= 11 is 6.11. The molecule has 1 aromatic carbocycles. The Hall–Kier alpha value is -1.61. The summed E-state index contributed by atoms with van der Waals surface area (Å²) in [6.07, 6.45) is 1.20. The number of halogens is 1. The summed E-state index contributed by atoms with van der Waals surface area (Å²) in [6.45, 7) is 4.03. The van der Waals surface area contributed by atoms with Crippen LogP contribution >= 0.6 is 11.6 Å². The van der Waals surface area contributed by atoms with E-state index in [0.717, 1.165) is 23.0 Å². The summed E-state index contributed by atoms with van der Waals surface area (Å²) < 4.78 is 0. The Morgan fingerprint density at radius 2 is 2.16 bits per heavy atom. The lowest BCUT2D eigenvalue weighted by molar-refractivity contribution is -0.121. The van der Waals surface area contributed by atoms with Crippen LogP contribution in [0, 0.1) is 0 Å². The number of para-hydroxylation sites is 1. The van der Waals surface area contributed by atoms with Crippen LogP contribution in [0.15, 0.2) is 30.3 Å². The molecule has 4 heteroatoms. The first-order valence-electron chi connectivity index (χ1n) is 6.43. The lowest BCUT2D eigenvalue weighted by atomic mass is 10.1. The van der Waals surface area contributed by atoms with Gasteiger partial charge in [-0.1, -0.05) is 36.7 Å². The predicted octanol–water partition coefficient (Wildman–Crippen LogP) is 3.35. The van der Waals surface area contributed by atoms with E-state index >= 15 is 0 Å². The van der Waals surface area contributed by atoms with Crippen LogP contribution < -0.4 is 5.32 Å². The van der Waals surface area contributed by atoms with E-state index in [1.807, 2.05) is 38.1 Å². The van der Waals surface area contributed by atoms with Crippen LogP contribution in [-0.2, 0) is 11.2 Å². The normalized spacial score (nSPS) is 12.4. The van der Waals surface area contributed by atoms with Gasteiger partial charge in [-0.05, 0) is 25.5 Å². The van der Waals surface area contributed by atoms with E-state index in [0.29, 0.717) is 5.02 Å². The molecule has 2 aromatic rings. The third kappa shape index (κ3) is 3.44. The standard InChI is InChI=1S/C15H17ClN2O/c1-3-10(2)17-14(19)9-12-8-7-11-5-4-6-13(16)15(11)18-12/h4-8,10H,3,9H2,1-2H3,(H,17,19). The van der Waals surface area contributed by atoms with Gasteiger partial charge in [0.2, 0.25) is 5.91 Å². The van der Waals surface area contributed by atoms with E-state index in [-0.39, 0.29) is 18.4 Å². The Balaban J connectivity index is 2.17. The van der Waals surface area contributed by atoms with E-state index in [1.54, 1.807) is 6.07 Å². The van der Waals surface area contributed by atoms with Crippen LogP contribution in [0.25, 0.3) is 10.9 Å². The van der Waals surface area contributed by atoms with Gasteiger partial charge in [-0.3, -0.25) is 9.78 Å². The Bertz CT molecular complexity index is 598. The molecular weight excluding hydrogens is 260 g/mol. The van der Waals surface area contributed by atoms with Crippen molar-refractivity contribution in [3.63, 3.8) is 0 Å². The van der Waals surface area contributed by atoms with Crippen LogP contribution in [0.1, 0.15) is 26.0 Å². The highest BCUT2D eigenvalue weighted by Crippen LogP contribution is 2.21. The van der Waals surface area contributed by atoms with E-state index in [9.17, 15) is 4.79 Å². The number of carbonyl (C=O) groups excluding carboxylic acids is 1. The lowest BCUT2D eigenvalue weighted by Gasteiger charge is -2.11. The molecule has 2 rings (SSSR count). The van der Waals surface area contributed by atoms with Gasteiger partial charge in [0.1, 0.15) is 0 Å². The van der Waals surface area contributed by atoms with Crippen molar-refractivity contribution in [3.8, 4) is 0 Å². The summed E-state index contributed by atoms with van der Waals surface area (Å²) in [6, 6.07) is 9.66. The minimum absolute atomic E-state index is 0.00625. The van der Waals surface area contributed by atoms with Gasteiger partial charge >= 0.3 is 0 Å². The SMILES string of the molecule is CCC(C)NC(=O)Cc1ccc2cccc(Cl)c2n1. The second kappa shape index (κ2) is 6.02. The first-order chi connectivity index (χ1) is 9.10. The molecule has 1 aromatic heterocycles. The number of hydrogen-bond donors (Lipinski definition) is 1. The van der Waals surface area contributed by atoms with Crippen LogP contribution in [0.4, 0.5) is 0 Å². The maximum atomic E-state index is 11.8. The quantitative estimate of drug-likeness (QED) is 0.930. The minimum atomic E-state index is -0.00625. The Morgan fingerprint density at radius 1 is 1.37 bits per heavy atom. The summed E-state index contributed by atoms with van der Waals surface area (Å²) in [4.78, 5) is 16.3. The largest absolute Gasteiger partial charge is 0.353 e. The second-order valence-corrected chi connectivity index (χ2v) is 5.07. The first-order valence-corrected chi connectivity index (χ1v) is 6.81. The van der Waals surface area contributed by atoms with Gasteiger partial charge in [-0.2, -0.15) is 0 Å². The molecule has 0 aliphatic heterocycles. The summed E-state index contributed by atoms with van der Waals surface area (Å²) in [5.74, 6) is -0.00625. The molecule has 1 atom stereocenters. The molecule has 0 fully saturated rings. The van der Waals surface area contributed by atoms with Crippen molar-refractivity contribution in [2.75, 3.05) is 0 Å². The van der Waals surface area contributed by atoms with E-state index in [2.05, 4.69) is 10.3 Å². The number of pyridine rings is 1. The number of hydrogen-bond acceptors (Lipinski definition) is 2. The number of aromatic nitrogens is 1. The molecule has 1 amide bonds. The fourth-order valence-electron chi connectivity index (χ4n) is 1.84. The maximum Gasteiger partial charge on any atom is 0.226 e. The number of nitrogens with one attached hydrogen (secondary N) is 1. The molecule has 1 heterocycles. The summed E-state index contributed by atoms with van der Waals surface area (Å²) in [5, 5.41) is 4.53. The van der Waals surface area contributed by atoms with E-state index in [1.165, 1.54) is 0 Å². The molecule has 0 saturated heterocycles. The van der Waals surface area contributed by atoms with E-state index in [4.69, 9.17) is 11.6 Å². The number of benzene rings is 1. The number of nitrogens with zero attached hydrogens (tertiary/aromatic N) is 1. The average molecular weight is 277 g/mol. The molecule has 0 spiro atoms. The van der Waals surface area contributed by atoms with Crippen molar-refractivity contribution in [2.45, 2.75) is 32.7 Å². The first kappa shape index (κ1) is 13.8. The van der Waals surface area contributed by atoms with Gasteiger partial charge in [0, 0.05) is 11.4 Å². The van der Waals surface area contributed by atoms with Crippen molar-refractivity contribution in [1.29, 1.82) is 0 Å². The van der Waals surface area contributed by atoms with Crippen LogP contribution in [-0.4, -0.2) is 16.9 Å². The predicted molar refractivity (Wildman–Crippen MR) is 78.4 cm³/mol. The smallest absolute Gasteiger partial charge is 0.226 e. The van der Waals surface area contributed by atoms with Crippen LogP contribution in [0.2, 0.25) is 5.02 Å². The monoisotopic (exact) mass is 276 g/mol. The molecule has 0 saturated carbocycles. The van der Waals surface area contributed by atoms with Gasteiger partial charge < -0.3 is 5.32 Å². The summed E-state index contributed by atoms with van der Waals surface area (Å²) in [7, 11) is 0. The zero-order valence-corrected chi connectivity index (χ0v) is 11.9. The Labute approximate surface area is 118 Å². The van der Waals surface area contributed by atoms with Gasteiger partial charge in [0.25, 0.3) is 0 Å². The Morgan fingerprint density at radius 3 is 2.89 bits per heavy atom. The van der Waals surface area contributed by atoms with Gasteiger partial charge in [0.05, 0.1) is 22.7 Å². The van der Waals surface area contributed by atoms with Gasteiger partial charge in [-0.15, -0.1) is 0 Å². The minimum Gasteiger partial charge on any atom is -0.353 e. The topological polar surface area (TPSA) is 42.0 Å². The van der Waals surface area contributed by atoms with Gasteiger partial charge in [0.15, 0.2) is 0 Å². The number of fused-ring (bicyclic) bond motifs is 1. The fraction of sp³-hybridized carbons (Fsp3) is 0.333. The Kier molecular flexibility index (Phi) is 4.38. The molecule has 1 N–H and O–H groups in total. The molecule has 0 radical (unpaired) electrons. The fourth-order valence-corrected chi connectivity index (χ4v) is 2.07. The number of amides is 1. The number of carbonyl (C=O) groups is 1. The van der Waals surface area contributed by atoms with Crippen molar-refractivity contribution >= 4 is 28.4 Å². The average Bonchev–Trinajstić information content (AvgIpc) is 2.39. The van der Waals surface area contributed by atoms with Crippen molar-refractivity contribution in [1.82, 2.24) is 10.3 Å². The van der Waals surface area contributed by atoms with Gasteiger partial charge in [-0.25, -0.2) is 0 Å². The zero-order chi connectivity index (χ0) is 13.8.